The number of fused-ring (bicyclic) bond motifs is 1. The zero-order valence-corrected chi connectivity index (χ0v) is 12.9. The minimum atomic E-state index is -0.203. The zero-order valence-electron chi connectivity index (χ0n) is 12.9. The van der Waals surface area contributed by atoms with Gasteiger partial charge in [0.05, 0.1) is 23.7 Å². The van der Waals surface area contributed by atoms with Gasteiger partial charge in [-0.15, -0.1) is 0 Å². The molecule has 1 fully saturated rings. The number of amides is 1. The Morgan fingerprint density at radius 2 is 2.41 bits per heavy atom. The molecule has 1 amide bonds. The lowest BCUT2D eigenvalue weighted by Gasteiger charge is -2.31. The van der Waals surface area contributed by atoms with E-state index >= 15 is 0 Å². The van der Waals surface area contributed by atoms with Gasteiger partial charge in [-0.25, -0.2) is 4.98 Å². The van der Waals surface area contributed by atoms with Crippen LogP contribution in [0.15, 0.2) is 18.2 Å². The van der Waals surface area contributed by atoms with Gasteiger partial charge >= 0.3 is 0 Å². The van der Waals surface area contributed by atoms with Crippen LogP contribution >= 0.6 is 0 Å². The Morgan fingerprint density at radius 3 is 3.23 bits per heavy atom. The van der Waals surface area contributed by atoms with E-state index in [2.05, 4.69) is 15.3 Å². The van der Waals surface area contributed by atoms with Gasteiger partial charge in [0.15, 0.2) is 5.82 Å². The molecule has 2 atom stereocenters. The van der Waals surface area contributed by atoms with Crippen molar-refractivity contribution < 1.29 is 14.3 Å². The number of hydrogen-bond donors (Lipinski definition) is 2. The SMILES string of the molecule is CCO[C@@H]1COCC[C@H]1NC(=O)c1nc2ccc(C)cc2[nH]1. The van der Waals surface area contributed by atoms with Crippen molar-refractivity contribution >= 4 is 16.9 Å². The summed E-state index contributed by atoms with van der Waals surface area (Å²) >= 11 is 0. The van der Waals surface area contributed by atoms with E-state index in [1.807, 2.05) is 32.0 Å². The third kappa shape index (κ3) is 3.13. The van der Waals surface area contributed by atoms with Gasteiger partial charge in [-0.2, -0.15) is 0 Å². The Kier molecular flexibility index (Phi) is 4.40. The van der Waals surface area contributed by atoms with Crippen molar-refractivity contribution in [1.82, 2.24) is 15.3 Å². The number of imidazole rings is 1. The molecule has 0 saturated carbocycles. The number of hydrogen-bond acceptors (Lipinski definition) is 4. The molecule has 0 bridgehead atoms. The van der Waals surface area contributed by atoms with Crippen LogP contribution in [0.25, 0.3) is 11.0 Å². The third-order valence-electron chi connectivity index (χ3n) is 3.85. The lowest BCUT2D eigenvalue weighted by atomic mass is 10.1. The molecule has 0 spiro atoms. The van der Waals surface area contributed by atoms with Crippen molar-refractivity contribution in [2.75, 3.05) is 19.8 Å². The minimum absolute atomic E-state index is 0.0452. The molecular weight excluding hydrogens is 282 g/mol. The molecule has 0 unspecified atom stereocenters. The van der Waals surface area contributed by atoms with Crippen LogP contribution in [0.4, 0.5) is 0 Å². The van der Waals surface area contributed by atoms with Crippen molar-refractivity contribution in [1.29, 1.82) is 0 Å². The predicted octanol–water partition coefficient (Wildman–Crippen LogP) is 1.80. The van der Waals surface area contributed by atoms with E-state index in [0.29, 0.717) is 25.6 Å². The van der Waals surface area contributed by atoms with Crippen molar-refractivity contribution in [3.05, 3.63) is 29.6 Å². The highest BCUT2D eigenvalue weighted by molar-refractivity contribution is 5.94. The number of nitrogens with zero attached hydrogens (tertiary/aromatic N) is 1. The van der Waals surface area contributed by atoms with E-state index in [0.717, 1.165) is 23.0 Å². The third-order valence-corrected chi connectivity index (χ3v) is 3.85. The van der Waals surface area contributed by atoms with Crippen LogP contribution in [0.3, 0.4) is 0 Å². The number of aromatic amines is 1. The molecule has 0 radical (unpaired) electrons. The molecule has 1 saturated heterocycles. The monoisotopic (exact) mass is 303 g/mol. The quantitative estimate of drug-likeness (QED) is 0.903. The zero-order chi connectivity index (χ0) is 15.5. The number of nitrogens with one attached hydrogen (secondary N) is 2. The second kappa shape index (κ2) is 6.46. The van der Waals surface area contributed by atoms with E-state index in [9.17, 15) is 4.79 Å². The maximum absolute atomic E-state index is 12.4. The summed E-state index contributed by atoms with van der Waals surface area (Å²) in [5.74, 6) is 0.132. The van der Waals surface area contributed by atoms with Gasteiger partial charge in [0.1, 0.15) is 6.10 Å². The summed E-state index contributed by atoms with van der Waals surface area (Å²) in [6.45, 7) is 5.69. The first-order valence-corrected chi connectivity index (χ1v) is 7.64. The number of H-pyrrole nitrogens is 1. The Hall–Kier alpha value is -1.92. The fourth-order valence-electron chi connectivity index (χ4n) is 2.72. The number of carbonyl (C=O) groups excluding carboxylic acids is 1. The molecular formula is C16H21N3O3. The largest absolute Gasteiger partial charge is 0.379 e. The van der Waals surface area contributed by atoms with Crippen LogP contribution in [-0.2, 0) is 9.47 Å². The molecule has 6 nitrogen and oxygen atoms in total. The second-order valence-electron chi connectivity index (χ2n) is 5.54. The molecule has 2 N–H and O–H groups in total. The van der Waals surface area contributed by atoms with Crippen LogP contribution in [0.5, 0.6) is 0 Å². The topological polar surface area (TPSA) is 76.2 Å². The molecule has 0 aliphatic carbocycles. The molecule has 1 aliphatic heterocycles. The normalized spacial score (nSPS) is 21.9. The summed E-state index contributed by atoms with van der Waals surface area (Å²) < 4.78 is 11.1. The molecule has 3 rings (SSSR count). The summed E-state index contributed by atoms with van der Waals surface area (Å²) in [6.07, 6.45) is 0.643. The first kappa shape index (κ1) is 15.0. The Balaban J connectivity index is 1.74. The molecule has 6 heteroatoms. The van der Waals surface area contributed by atoms with Gasteiger partial charge in [-0.05, 0) is 38.0 Å². The Labute approximate surface area is 129 Å². The average Bonchev–Trinajstić information content (AvgIpc) is 2.92. The number of ether oxygens (including phenoxy) is 2. The smallest absolute Gasteiger partial charge is 0.287 e. The molecule has 1 aromatic carbocycles. The summed E-state index contributed by atoms with van der Waals surface area (Å²) in [6, 6.07) is 5.83. The highest BCUT2D eigenvalue weighted by Gasteiger charge is 2.28. The van der Waals surface area contributed by atoms with Crippen molar-refractivity contribution in [2.24, 2.45) is 0 Å². The maximum atomic E-state index is 12.4. The van der Waals surface area contributed by atoms with Gasteiger partial charge in [0.2, 0.25) is 0 Å². The molecule has 1 aromatic heterocycles. The van der Waals surface area contributed by atoms with Crippen LogP contribution in [0.2, 0.25) is 0 Å². The van der Waals surface area contributed by atoms with Gasteiger partial charge in [-0.1, -0.05) is 6.07 Å². The van der Waals surface area contributed by atoms with Crippen molar-refractivity contribution in [3.8, 4) is 0 Å². The molecule has 1 aliphatic rings. The minimum Gasteiger partial charge on any atom is -0.379 e. The van der Waals surface area contributed by atoms with E-state index in [-0.39, 0.29) is 18.1 Å². The van der Waals surface area contributed by atoms with Gasteiger partial charge < -0.3 is 19.8 Å². The lowest BCUT2D eigenvalue weighted by Crippen LogP contribution is -2.50. The number of carbonyl (C=O) groups is 1. The first-order valence-electron chi connectivity index (χ1n) is 7.64. The van der Waals surface area contributed by atoms with Gasteiger partial charge in [0, 0.05) is 13.2 Å². The summed E-state index contributed by atoms with van der Waals surface area (Å²) in [5, 5.41) is 3.01. The fourth-order valence-corrected chi connectivity index (χ4v) is 2.72. The Morgan fingerprint density at radius 1 is 1.55 bits per heavy atom. The summed E-state index contributed by atoms with van der Waals surface area (Å²) in [4.78, 5) is 19.8. The van der Waals surface area contributed by atoms with E-state index < -0.39 is 0 Å². The van der Waals surface area contributed by atoms with Crippen molar-refractivity contribution in [2.45, 2.75) is 32.4 Å². The first-order chi connectivity index (χ1) is 10.7. The molecule has 2 heterocycles. The van der Waals surface area contributed by atoms with E-state index in [1.165, 1.54) is 0 Å². The predicted molar refractivity (Wildman–Crippen MR) is 82.9 cm³/mol. The average molecular weight is 303 g/mol. The molecule has 2 aromatic rings. The van der Waals surface area contributed by atoms with Crippen LogP contribution in [0.1, 0.15) is 29.5 Å². The van der Waals surface area contributed by atoms with Crippen LogP contribution in [0, 0.1) is 6.92 Å². The summed E-state index contributed by atoms with van der Waals surface area (Å²) in [5.41, 5.74) is 2.80. The van der Waals surface area contributed by atoms with Gasteiger partial charge in [-0.3, -0.25) is 4.79 Å². The number of aryl methyl sites for hydroxylation is 1. The van der Waals surface area contributed by atoms with E-state index in [1.54, 1.807) is 0 Å². The maximum Gasteiger partial charge on any atom is 0.287 e. The summed E-state index contributed by atoms with van der Waals surface area (Å²) in [7, 11) is 0. The molecule has 118 valence electrons. The standard InChI is InChI=1S/C16H21N3O3/c1-3-22-14-9-21-7-6-12(14)19-16(20)15-17-11-5-4-10(2)8-13(11)18-15/h4-5,8,12,14H,3,6-7,9H2,1-2H3,(H,17,18)(H,19,20)/t12-,14-/m1/s1. The van der Waals surface area contributed by atoms with Crippen molar-refractivity contribution in [3.63, 3.8) is 0 Å². The highest BCUT2D eigenvalue weighted by Crippen LogP contribution is 2.15. The highest BCUT2D eigenvalue weighted by atomic mass is 16.5. The number of benzene rings is 1. The van der Waals surface area contributed by atoms with Crippen LogP contribution < -0.4 is 5.32 Å². The lowest BCUT2D eigenvalue weighted by molar-refractivity contribution is -0.0633. The number of rotatable bonds is 4. The van der Waals surface area contributed by atoms with E-state index in [4.69, 9.17) is 9.47 Å². The Bertz CT molecular complexity index is 666. The fraction of sp³-hybridized carbons (Fsp3) is 0.500. The second-order valence-corrected chi connectivity index (χ2v) is 5.54. The number of aromatic nitrogens is 2. The van der Waals surface area contributed by atoms with Crippen LogP contribution in [-0.4, -0.2) is 47.8 Å². The molecule has 22 heavy (non-hydrogen) atoms. The van der Waals surface area contributed by atoms with Gasteiger partial charge in [0.25, 0.3) is 5.91 Å².